The number of sulfonamides is 1. The molecule has 0 aromatic heterocycles. The number of hydrogen-bond acceptors (Lipinski definition) is 4. The molecule has 0 N–H and O–H groups in total. The number of terminal acetylenes is 1. The summed E-state index contributed by atoms with van der Waals surface area (Å²) >= 11 is 0. The highest BCUT2D eigenvalue weighted by molar-refractivity contribution is 7.92. The molecule has 32 heavy (non-hydrogen) atoms. The predicted molar refractivity (Wildman–Crippen MR) is 113 cm³/mol. The third-order valence-electron chi connectivity index (χ3n) is 4.80. The maximum absolute atomic E-state index is 14.0. The molecule has 0 atom stereocenters. The molecule has 0 fully saturated rings. The second-order valence-electron chi connectivity index (χ2n) is 6.83. The summed E-state index contributed by atoms with van der Waals surface area (Å²) in [7, 11) is -3.98. The second-order valence-corrected chi connectivity index (χ2v) is 8.70. The molecule has 0 bridgehead atoms. The SMILES string of the molecule is C#Cc1cccc(S(=O)(=O)N2CCOc3ccc(-c4cc(F)cc(OC(F)F)c4)cc32)c1. The highest BCUT2D eigenvalue weighted by Crippen LogP contribution is 2.39. The van der Waals surface area contributed by atoms with E-state index in [1.54, 1.807) is 24.3 Å². The van der Waals surface area contributed by atoms with E-state index in [0.29, 0.717) is 16.9 Å². The van der Waals surface area contributed by atoms with Gasteiger partial charge in [-0.25, -0.2) is 12.8 Å². The number of nitrogens with zero attached hydrogens (tertiary/aromatic N) is 1. The molecule has 1 aliphatic heterocycles. The van der Waals surface area contributed by atoms with Crippen LogP contribution in [-0.2, 0) is 10.0 Å². The minimum absolute atomic E-state index is 0.0181. The number of fused-ring (bicyclic) bond motifs is 1. The van der Waals surface area contributed by atoms with Crippen molar-refractivity contribution < 1.29 is 31.1 Å². The van der Waals surface area contributed by atoms with Crippen LogP contribution < -0.4 is 13.8 Å². The Labute approximate surface area is 183 Å². The van der Waals surface area contributed by atoms with E-state index in [1.807, 2.05) is 0 Å². The fourth-order valence-electron chi connectivity index (χ4n) is 3.40. The lowest BCUT2D eigenvalue weighted by Crippen LogP contribution is -2.38. The van der Waals surface area contributed by atoms with Crippen molar-refractivity contribution in [2.45, 2.75) is 11.5 Å². The summed E-state index contributed by atoms with van der Waals surface area (Å²) in [5, 5.41) is 0. The standard InChI is InChI=1S/C23H16F3NO4S/c1-2-15-4-3-5-20(10-15)32(28,29)27-8-9-30-22-7-6-16(13-21(22)27)17-11-18(24)14-19(12-17)31-23(25)26/h1,3-7,10-14,23H,8-9H2. The van der Waals surface area contributed by atoms with Crippen LogP contribution in [0, 0.1) is 18.2 Å². The molecule has 0 aliphatic carbocycles. The molecule has 0 amide bonds. The largest absolute Gasteiger partial charge is 0.489 e. The van der Waals surface area contributed by atoms with Gasteiger partial charge >= 0.3 is 6.61 Å². The molecule has 0 radical (unpaired) electrons. The number of ether oxygens (including phenoxy) is 2. The molecule has 3 aromatic rings. The quantitative estimate of drug-likeness (QED) is 0.521. The summed E-state index contributed by atoms with van der Waals surface area (Å²) in [6, 6.07) is 13.9. The number of benzene rings is 3. The monoisotopic (exact) mass is 459 g/mol. The Hall–Kier alpha value is -3.64. The fraction of sp³-hybridized carbons (Fsp3) is 0.130. The lowest BCUT2D eigenvalue weighted by Gasteiger charge is -2.31. The average molecular weight is 459 g/mol. The Morgan fingerprint density at radius 3 is 2.62 bits per heavy atom. The molecule has 164 valence electrons. The molecule has 5 nitrogen and oxygen atoms in total. The summed E-state index contributed by atoms with van der Waals surface area (Å²) in [6.45, 7) is -2.93. The Balaban J connectivity index is 1.78. The van der Waals surface area contributed by atoms with Crippen LogP contribution in [0.5, 0.6) is 11.5 Å². The zero-order valence-corrected chi connectivity index (χ0v) is 17.3. The molecule has 9 heteroatoms. The third kappa shape index (κ3) is 4.22. The molecule has 3 aromatic carbocycles. The van der Waals surface area contributed by atoms with Gasteiger partial charge in [-0.05, 0) is 53.6 Å². The molecule has 1 heterocycles. The molecular formula is C23H16F3NO4S. The minimum Gasteiger partial charge on any atom is -0.489 e. The Bertz CT molecular complexity index is 1320. The lowest BCUT2D eigenvalue weighted by molar-refractivity contribution is -0.0499. The molecule has 0 unspecified atom stereocenters. The van der Waals surface area contributed by atoms with Crippen LogP contribution in [0.3, 0.4) is 0 Å². The van der Waals surface area contributed by atoms with E-state index in [2.05, 4.69) is 10.7 Å². The Morgan fingerprint density at radius 2 is 1.88 bits per heavy atom. The van der Waals surface area contributed by atoms with Crippen LogP contribution in [0.25, 0.3) is 11.1 Å². The van der Waals surface area contributed by atoms with Gasteiger partial charge in [-0.2, -0.15) is 8.78 Å². The van der Waals surface area contributed by atoms with Gasteiger partial charge in [0, 0.05) is 11.6 Å². The minimum atomic E-state index is -3.98. The average Bonchev–Trinajstić information content (AvgIpc) is 2.77. The molecule has 0 saturated carbocycles. The number of alkyl halides is 2. The summed E-state index contributed by atoms with van der Waals surface area (Å²) in [5.74, 6) is 1.60. The van der Waals surface area contributed by atoms with Crippen LogP contribution >= 0.6 is 0 Å². The van der Waals surface area contributed by atoms with Crippen molar-refractivity contribution in [1.29, 1.82) is 0 Å². The first-order valence-corrected chi connectivity index (χ1v) is 10.8. The maximum atomic E-state index is 14.0. The van der Waals surface area contributed by atoms with Crippen LogP contribution in [0.4, 0.5) is 18.9 Å². The summed E-state index contributed by atoms with van der Waals surface area (Å²) in [6.07, 6.45) is 5.39. The van der Waals surface area contributed by atoms with Crippen molar-refractivity contribution in [3.8, 4) is 35.0 Å². The van der Waals surface area contributed by atoms with E-state index in [0.717, 1.165) is 12.1 Å². The van der Waals surface area contributed by atoms with E-state index in [9.17, 15) is 21.6 Å². The number of halogens is 3. The first-order chi connectivity index (χ1) is 15.3. The first kappa shape index (κ1) is 21.6. The third-order valence-corrected chi connectivity index (χ3v) is 6.61. The van der Waals surface area contributed by atoms with E-state index in [4.69, 9.17) is 11.2 Å². The zero-order valence-electron chi connectivity index (χ0n) is 16.5. The van der Waals surface area contributed by atoms with Crippen LogP contribution in [-0.4, -0.2) is 28.2 Å². The molecule has 4 rings (SSSR count). The van der Waals surface area contributed by atoms with Crippen molar-refractivity contribution >= 4 is 15.7 Å². The van der Waals surface area contributed by atoms with Gasteiger partial charge in [0.1, 0.15) is 23.9 Å². The molecule has 0 spiro atoms. The number of rotatable bonds is 5. The maximum Gasteiger partial charge on any atom is 0.387 e. The summed E-state index contributed by atoms with van der Waals surface area (Å²) in [5.41, 5.74) is 1.28. The van der Waals surface area contributed by atoms with Crippen molar-refractivity contribution in [1.82, 2.24) is 0 Å². The highest BCUT2D eigenvalue weighted by Gasteiger charge is 2.30. The van der Waals surface area contributed by atoms with Crippen molar-refractivity contribution in [3.05, 3.63) is 72.0 Å². The van der Waals surface area contributed by atoms with Gasteiger partial charge < -0.3 is 9.47 Å². The lowest BCUT2D eigenvalue weighted by atomic mass is 10.0. The van der Waals surface area contributed by atoms with Gasteiger partial charge in [0.2, 0.25) is 0 Å². The van der Waals surface area contributed by atoms with Gasteiger partial charge in [0.05, 0.1) is 17.1 Å². The molecule has 0 saturated heterocycles. The van der Waals surface area contributed by atoms with Crippen LogP contribution in [0.2, 0.25) is 0 Å². The number of hydrogen-bond donors (Lipinski definition) is 0. The van der Waals surface area contributed by atoms with E-state index >= 15 is 0 Å². The van der Waals surface area contributed by atoms with Crippen molar-refractivity contribution in [2.24, 2.45) is 0 Å². The van der Waals surface area contributed by atoms with Gasteiger partial charge in [-0.3, -0.25) is 4.31 Å². The summed E-state index contributed by atoms with van der Waals surface area (Å²) < 4.78 is 76.9. The smallest absolute Gasteiger partial charge is 0.387 e. The Morgan fingerprint density at radius 1 is 1.06 bits per heavy atom. The van der Waals surface area contributed by atoms with E-state index < -0.39 is 22.5 Å². The van der Waals surface area contributed by atoms with E-state index in [1.165, 1.54) is 28.6 Å². The number of anilines is 1. The second kappa shape index (κ2) is 8.48. The van der Waals surface area contributed by atoms with Gasteiger partial charge in [0.15, 0.2) is 0 Å². The molecule has 1 aliphatic rings. The predicted octanol–water partition coefficient (Wildman–Crippen LogP) is 4.66. The Kier molecular flexibility index (Phi) is 5.72. The topological polar surface area (TPSA) is 55.8 Å². The van der Waals surface area contributed by atoms with Crippen LogP contribution in [0.1, 0.15) is 5.56 Å². The highest BCUT2D eigenvalue weighted by atomic mass is 32.2. The molecular weight excluding hydrogens is 443 g/mol. The van der Waals surface area contributed by atoms with Gasteiger partial charge in [0.25, 0.3) is 10.0 Å². The van der Waals surface area contributed by atoms with Crippen molar-refractivity contribution in [2.75, 3.05) is 17.5 Å². The van der Waals surface area contributed by atoms with Crippen LogP contribution in [0.15, 0.2) is 65.6 Å². The first-order valence-electron chi connectivity index (χ1n) is 9.40. The van der Waals surface area contributed by atoms with Crippen molar-refractivity contribution in [3.63, 3.8) is 0 Å². The fourth-order valence-corrected chi connectivity index (χ4v) is 4.89. The summed E-state index contributed by atoms with van der Waals surface area (Å²) in [4.78, 5) is 0.0181. The normalized spacial score (nSPS) is 13.3. The zero-order chi connectivity index (χ0) is 22.9. The van der Waals surface area contributed by atoms with E-state index in [-0.39, 0.29) is 35.0 Å². The van der Waals surface area contributed by atoms with Gasteiger partial charge in [-0.15, -0.1) is 6.42 Å². The van der Waals surface area contributed by atoms with Gasteiger partial charge in [-0.1, -0.05) is 18.1 Å².